The number of aromatic nitrogens is 2. The molecular formula is C31H29ClN4O5. The number of carbonyl (C=O) groups excluding carboxylic acids is 2. The summed E-state index contributed by atoms with van der Waals surface area (Å²) in [4.78, 5) is 27.6. The zero-order valence-corrected chi connectivity index (χ0v) is 23.7. The molecule has 1 saturated heterocycles. The summed E-state index contributed by atoms with van der Waals surface area (Å²) in [6, 6.07) is 14.4. The van der Waals surface area contributed by atoms with E-state index in [9.17, 15) is 14.7 Å². The Morgan fingerprint density at radius 3 is 2.71 bits per heavy atom. The summed E-state index contributed by atoms with van der Waals surface area (Å²) in [5, 5.41) is 19.6. The van der Waals surface area contributed by atoms with Gasteiger partial charge in [-0.2, -0.15) is 5.10 Å². The molecule has 10 heteroatoms. The third-order valence-electron chi connectivity index (χ3n) is 7.71. The number of β-amino-alcohol motifs (C(OH)–C–C–N with tert-alkyl or cyclic N) is 1. The van der Waals surface area contributed by atoms with Crippen molar-refractivity contribution in [2.75, 3.05) is 20.1 Å². The molecule has 2 N–H and O–H groups in total. The van der Waals surface area contributed by atoms with E-state index in [0.717, 1.165) is 11.1 Å². The van der Waals surface area contributed by atoms with Gasteiger partial charge in [-0.3, -0.25) is 9.59 Å². The predicted molar refractivity (Wildman–Crippen MR) is 155 cm³/mol. The minimum Gasteiger partial charge on any atom is -0.460 e. The number of halogens is 1. The van der Waals surface area contributed by atoms with Crippen LogP contribution in [-0.4, -0.2) is 57.2 Å². The van der Waals surface area contributed by atoms with Gasteiger partial charge < -0.3 is 24.5 Å². The summed E-state index contributed by atoms with van der Waals surface area (Å²) in [6.07, 6.45) is 4.23. The van der Waals surface area contributed by atoms with E-state index in [1.54, 1.807) is 72.2 Å². The van der Waals surface area contributed by atoms with Crippen molar-refractivity contribution in [1.29, 1.82) is 0 Å². The van der Waals surface area contributed by atoms with Crippen molar-refractivity contribution in [1.82, 2.24) is 19.8 Å². The molecule has 0 spiro atoms. The van der Waals surface area contributed by atoms with Gasteiger partial charge in [0.1, 0.15) is 22.6 Å². The number of hydrogen-bond donors (Lipinski definition) is 2. The molecule has 0 aliphatic carbocycles. The van der Waals surface area contributed by atoms with E-state index < -0.39 is 5.60 Å². The van der Waals surface area contributed by atoms with Gasteiger partial charge in [0, 0.05) is 48.8 Å². The lowest BCUT2D eigenvalue weighted by Gasteiger charge is -2.23. The lowest BCUT2D eigenvalue weighted by Crippen LogP contribution is -2.37. The highest BCUT2D eigenvalue weighted by Crippen LogP contribution is 2.35. The van der Waals surface area contributed by atoms with Crippen molar-refractivity contribution in [2.24, 2.45) is 0 Å². The quantitative estimate of drug-likeness (QED) is 0.285. The summed E-state index contributed by atoms with van der Waals surface area (Å²) in [6.45, 7) is 4.30. The van der Waals surface area contributed by atoms with E-state index in [0.29, 0.717) is 69.3 Å². The number of benzene rings is 2. The second-order valence-corrected chi connectivity index (χ2v) is 11.0. The van der Waals surface area contributed by atoms with Crippen LogP contribution in [-0.2, 0) is 6.42 Å². The Hall–Kier alpha value is -4.34. The molecule has 4 heterocycles. The Balaban J connectivity index is 1.25. The Kier molecular flexibility index (Phi) is 6.71. The maximum Gasteiger partial charge on any atom is 0.255 e. The minimum atomic E-state index is -1.01. The first-order valence-corrected chi connectivity index (χ1v) is 13.7. The van der Waals surface area contributed by atoms with Gasteiger partial charge in [-0.25, -0.2) is 4.52 Å². The number of carbonyl (C=O) groups is 2. The maximum absolute atomic E-state index is 13.6. The minimum absolute atomic E-state index is 0.166. The van der Waals surface area contributed by atoms with Crippen LogP contribution in [0.1, 0.15) is 44.0 Å². The number of aliphatic hydroxyl groups is 1. The van der Waals surface area contributed by atoms with E-state index in [2.05, 4.69) is 10.4 Å². The highest BCUT2D eigenvalue weighted by molar-refractivity contribution is 6.30. The van der Waals surface area contributed by atoms with Crippen molar-refractivity contribution in [3.8, 4) is 11.5 Å². The molecule has 9 nitrogen and oxygen atoms in total. The van der Waals surface area contributed by atoms with Crippen molar-refractivity contribution in [2.45, 2.75) is 32.3 Å². The van der Waals surface area contributed by atoms with E-state index in [4.69, 9.17) is 20.8 Å². The second-order valence-electron chi connectivity index (χ2n) is 10.5. The highest BCUT2D eigenvalue weighted by Gasteiger charge is 2.39. The van der Waals surface area contributed by atoms with E-state index in [-0.39, 0.29) is 18.4 Å². The van der Waals surface area contributed by atoms with E-state index in [1.165, 1.54) is 0 Å². The predicted octanol–water partition coefficient (Wildman–Crippen LogP) is 5.32. The lowest BCUT2D eigenvalue weighted by atomic mass is 9.94. The number of fused-ring (bicyclic) bond motifs is 2. The van der Waals surface area contributed by atoms with Crippen LogP contribution in [0, 0.1) is 13.8 Å². The summed E-state index contributed by atoms with van der Waals surface area (Å²) in [7, 11) is 1.58. The molecule has 1 aliphatic heterocycles. The van der Waals surface area contributed by atoms with Gasteiger partial charge in [0.25, 0.3) is 11.8 Å². The lowest BCUT2D eigenvalue weighted by molar-refractivity contribution is 0.0445. The van der Waals surface area contributed by atoms with E-state index >= 15 is 0 Å². The van der Waals surface area contributed by atoms with Gasteiger partial charge in [0.2, 0.25) is 0 Å². The molecule has 1 fully saturated rings. The Labute approximate surface area is 241 Å². The summed E-state index contributed by atoms with van der Waals surface area (Å²) in [5.74, 6) is 1.18. The van der Waals surface area contributed by atoms with Crippen molar-refractivity contribution < 1.29 is 23.8 Å². The van der Waals surface area contributed by atoms with Crippen LogP contribution in [0.2, 0.25) is 5.02 Å². The normalized spacial score (nSPS) is 17.0. The number of rotatable bonds is 6. The van der Waals surface area contributed by atoms with E-state index in [1.807, 2.05) is 19.1 Å². The molecular weight excluding hydrogens is 544 g/mol. The molecule has 0 radical (unpaired) electrons. The van der Waals surface area contributed by atoms with Gasteiger partial charge in [0.15, 0.2) is 5.75 Å². The van der Waals surface area contributed by atoms with Crippen molar-refractivity contribution in [3.63, 3.8) is 0 Å². The molecule has 1 aliphatic rings. The zero-order valence-electron chi connectivity index (χ0n) is 22.9. The van der Waals surface area contributed by atoms with Crippen molar-refractivity contribution in [3.05, 3.63) is 94.0 Å². The van der Waals surface area contributed by atoms with Crippen LogP contribution >= 0.6 is 11.6 Å². The first-order chi connectivity index (χ1) is 19.7. The average Bonchev–Trinajstić information content (AvgIpc) is 3.61. The molecule has 0 bridgehead atoms. The van der Waals surface area contributed by atoms with Gasteiger partial charge in [-0.05, 0) is 55.7 Å². The zero-order chi connectivity index (χ0) is 28.9. The molecule has 5 aromatic rings. The van der Waals surface area contributed by atoms with Crippen LogP contribution in [0.15, 0.2) is 65.3 Å². The average molecular weight is 573 g/mol. The van der Waals surface area contributed by atoms with Crippen LogP contribution in [0.25, 0.3) is 16.5 Å². The summed E-state index contributed by atoms with van der Waals surface area (Å²) in [5.41, 5.74) is 2.87. The third-order valence-corrected chi connectivity index (χ3v) is 7.96. The number of amides is 2. The molecule has 41 heavy (non-hydrogen) atoms. The fraction of sp³-hybridized carbons (Fsp3) is 0.258. The fourth-order valence-electron chi connectivity index (χ4n) is 5.65. The maximum atomic E-state index is 13.6. The monoisotopic (exact) mass is 572 g/mol. The van der Waals surface area contributed by atoms with Gasteiger partial charge >= 0.3 is 0 Å². The molecule has 0 saturated carbocycles. The summed E-state index contributed by atoms with van der Waals surface area (Å²) >= 11 is 6.00. The number of hydrogen-bond acceptors (Lipinski definition) is 6. The Morgan fingerprint density at radius 1 is 1.17 bits per heavy atom. The smallest absolute Gasteiger partial charge is 0.255 e. The van der Waals surface area contributed by atoms with Gasteiger partial charge in [-0.15, -0.1) is 0 Å². The standard InChI is InChI=1S/C31H29ClN4O5/c1-18-24(30(38)35-13-11-31(39,17-35)15-20-4-6-21(32)7-5-20)16-36-28(18)25(10-12-34-36)41-22-8-9-23-26(14-22)40-19(2)27(23)29(37)33-3/h4-10,12,14,16,39H,11,13,15,17H2,1-3H3,(H,33,37)/t31-/m0/s1. The Bertz CT molecular complexity index is 1810. The van der Waals surface area contributed by atoms with Gasteiger partial charge in [-0.1, -0.05) is 23.7 Å². The summed E-state index contributed by atoms with van der Waals surface area (Å²) < 4.78 is 13.7. The van der Waals surface area contributed by atoms with Crippen LogP contribution in [0.3, 0.4) is 0 Å². The van der Waals surface area contributed by atoms with Crippen LogP contribution in [0.5, 0.6) is 11.5 Å². The SMILES string of the molecule is CNC(=O)c1c(C)oc2cc(Oc3ccnn4cc(C(=O)N5CC[C@](O)(Cc6ccc(Cl)cc6)C5)c(C)c34)ccc12. The van der Waals surface area contributed by atoms with Crippen molar-refractivity contribution >= 4 is 39.9 Å². The number of nitrogens with zero attached hydrogens (tertiary/aromatic N) is 3. The number of furan rings is 1. The molecule has 210 valence electrons. The molecule has 6 rings (SSSR count). The molecule has 2 aromatic carbocycles. The fourth-order valence-corrected chi connectivity index (χ4v) is 5.77. The Morgan fingerprint density at radius 2 is 1.95 bits per heavy atom. The molecule has 0 unspecified atom stereocenters. The number of likely N-dealkylation sites (tertiary alicyclic amines) is 1. The highest BCUT2D eigenvalue weighted by atomic mass is 35.5. The molecule has 1 atom stereocenters. The largest absolute Gasteiger partial charge is 0.460 e. The van der Waals surface area contributed by atoms with Crippen LogP contribution < -0.4 is 10.1 Å². The number of aryl methyl sites for hydroxylation is 2. The topological polar surface area (TPSA) is 109 Å². The number of nitrogens with one attached hydrogen (secondary N) is 1. The first kappa shape index (κ1) is 26.9. The number of ether oxygens (including phenoxy) is 1. The second kappa shape index (κ2) is 10.2. The molecule has 2 amide bonds. The third kappa shape index (κ3) is 4.92. The molecule has 3 aromatic heterocycles. The van der Waals surface area contributed by atoms with Crippen LogP contribution in [0.4, 0.5) is 0 Å². The van der Waals surface area contributed by atoms with Gasteiger partial charge in [0.05, 0.1) is 29.5 Å². The first-order valence-electron chi connectivity index (χ1n) is 13.3.